The fourth-order valence-corrected chi connectivity index (χ4v) is 5.92. The second-order valence-electron chi connectivity index (χ2n) is 9.06. The highest BCUT2D eigenvalue weighted by molar-refractivity contribution is 7.98. The number of nitriles is 1. The van der Waals surface area contributed by atoms with Gasteiger partial charge in [-0.05, 0) is 38.3 Å². The Morgan fingerprint density at radius 3 is 2.61 bits per heavy atom. The number of pyridine rings is 1. The van der Waals surface area contributed by atoms with Crippen LogP contribution in [0.5, 0.6) is 0 Å². The van der Waals surface area contributed by atoms with Gasteiger partial charge in [0.2, 0.25) is 11.6 Å². The van der Waals surface area contributed by atoms with Crippen molar-refractivity contribution < 1.29 is 18.8 Å². The SMILES string of the molecule is Cc1ccnc2c1C(C#N)=CC2CC[C@@H]1O[C@H](CSCc2c(C)noc2-c2ccccc2)C(=O)C1=O. The molecule has 1 unspecified atom stereocenters. The van der Waals surface area contributed by atoms with Crippen LogP contribution in [-0.4, -0.2) is 39.7 Å². The van der Waals surface area contributed by atoms with Crippen LogP contribution < -0.4 is 0 Å². The van der Waals surface area contributed by atoms with Gasteiger partial charge in [-0.1, -0.05) is 41.6 Å². The molecule has 7 nitrogen and oxygen atoms in total. The summed E-state index contributed by atoms with van der Waals surface area (Å²) in [6.45, 7) is 3.86. The number of nitrogens with zero attached hydrogens (tertiary/aromatic N) is 3. The Balaban J connectivity index is 1.19. The van der Waals surface area contributed by atoms with Gasteiger partial charge in [-0.2, -0.15) is 17.0 Å². The maximum absolute atomic E-state index is 12.6. The molecule has 8 heteroatoms. The summed E-state index contributed by atoms with van der Waals surface area (Å²) in [5, 5.41) is 13.6. The summed E-state index contributed by atoms with van der Waals surface area (Å²) in [5.41, 5.74) is 6.09. The Labute approximate surface area is 213 Å². The van der Waals surface area contributed by atoms with Crippen LogP contribution in [0.1, 0.15) is 46.8 Å². The number of aryl methyl sites for hydroxylation is 2. The molecule has 1 aliphatic carbocycles. The van der Waals surface area contributed by atoms with Gasteiger partial charge in [-0.15, -0.1) is 0 Å². The highest BCUT2D eigenvalue weighted by atomic mass is 32.2. The minimum atomic E-state index is -0.756. The molecule has 0 radical (unpaired) electrons. The first kappa shape index (κ1) is 24.2. The van der Waals surface area contributed by atoms with E-state index in [9.17, 15) is 14.9 Å². The Morgan fingerprint density at radius 1 is 1.06 bits per heavy atom. The molecule has 0 N–H and O–H groups in total. The van der Waals surface area contributed by atoms with Gasteiger partial charge in [0, 0.05) is 40.3 Å². The van der Waals surface area contributed by atoms with Gasteiger partial charge in [0.05, 0.1) is 23.0 Å². The third kappa shape index (κ3) is 4.52. The summed E-state index contributed by atoms with van der Waals surface area (Å²) in [6, 6.07) is 13.9. The Kier molecular flexibility index (Phi) is 6.86. The monoisotopic (exact) mass is 499 g/mol. The smallest absolute Gasteiger partial charge is 0.230 e. The quantitative estimate of drug-likeness (QED) is 0.400. The van der Waals surface area contributed by atoms with Crippen molar-refractivity contribution in [1.29, 1.82) is 5.26 Å². The number of allylic oxidation sites excluding steroid dienone is 2. The van der Waals surface area contributed by atoms with E-state index in [2.05, 4.69) is 16.2 Å². The zero-order valence-electron chi connectivity index (χ0n) is 20.1. The topological polar surface area (TPSA) is 106 Å². The van der Waals surface area contributed by atoms with Gasteiger partial charge < -0.3 is 9.26 Å². The van der Waals surface area contributed by atoms with E-state index in [1.807, 2.05) is 56.3 Å². The normalized spacial score (nSPS) is 20.9. The number of aromatic nitrogens is 2. The van der Waals surface area contributed by atoms with Crippen molar-refractivity contribution in [3.63, 3.8) is 0 Å². The molecule has 3 heterocycles. The third-order valence-electron chi connectivity index (χ3n) is 6.73. The fourth-order valence-electron chi connectivity index (χ4n) is 4.81. The van der Waals surface area contributed by atoms with Crippen molar-refractivity contribution in [3.05, 3.63) is 76.7 Å². The largest absolute Gasteiger partial charge is 0.358 e. The molecule has 0 saturated carbocycles. The summed E-state index contributed by atoms with van der Waals surface area (Å²) in [6.07, 6.45) is 3.12. The number of fused-ring (bicyclic) bond motifs is 1. The van der Waals surface area contributed by atoms with E-state index in [0.717, 1.165) is 39.4 Å². The molecular formula is C28H25N3O4S. The molecule has 1 aromatic carbocycles. The first-order valence-corrected chi connectivity index (χ1v) is 13.0. The molecule has 182 valence electrons. The molecule has 0 spiro atoms. The van der Waals surface area contributed by atoms with Crippen molar-refractivity contribution in [2.75, 3.05) is 5.75 Å². The van der Waals surface area contributed by atoms with E-state index in [0.29, 0.717) is 29.9 Å². The Bertz CT molecular complexity index is 1390. The second-order valence-corrected chi connectivity index (χ2v) is 10.1. The van der Waals surface area contributed by atoms with Crippen LogP contribution in [-0.2, 0) is 20.1 Å². The number of rotatable bonds is 8. The molecule has 2 aromatic heterocycles. The summed E-state index contributed by atoms with van der Waals surface area (Å²) in [4.78, 5) is 29.7. The molecule has 1 fully saturated rings. The molecule has 0 bridgehead atoms. The van der Waals surface area contributed by atoms with Crippen LogP contribution in [0, 0.1) is 25.2 Å². The summed E-state index contributed by atoms with van der Waals surface area (Å²) in [7, 11) is 0. The van der Waals surface area contributed by atoms with Crippen molar-refractivity contribution >= 4 is 28.9 Å². The molecule has 1 aliphatic heterocycles. The van der Waals surface area contributed by atoms with E-state index in [4.69, 9.17) is 9.26 Å². The summed E-state index contributed by atoms with van der Waals surface area (Å²) >= 11 is 1.52. The number of carbonyl (C=O) groups is 2. The molecular weight excluding hydrogens is 474 g/mol. The maximum atomic E-state index is 12.6. The Morgan fingerprint density at radius 2 is 1.83 bits per heavy atom. The number of Topliss-reactive ketones (excluding diaryl/α,β-unsaturated/α-hetero) is 2. The van der Waals surface area contributed by atoms with Gasteiger partial charge in [0.1, 0.15) is 12.2 Å². The molecule has 3 atom stereocenters. The molecule has 3 aromatic rings. The van der Waals surface area contributed by atoms with Crippen molar-refractivity contribution in [3.8, 4) is 17.4 Å². The zero-order valence-corrected chi connectivity index (χ0v) is 20.9. The molecule has 36 heavy (non-hydrogen) atoms. The number of thioether (sulfide) groups is 1. The van der Waals surface area contributed by atoms with Crippen molar-refractivity contribution in [2.45, 2.75) is 50.6 Å². The van der Waals surface area contributed by atoms with Crippen molar-refractivity contribution in [1.82, 2.24) is 10.1 Å². The number of carbonyl (C=O) groups excluding carboxylic acids is 2. The summed E-state index contributed by atoms with van der Waals surface area (Å²) < 4.78 is 11.5. The number of benzene rings is 1. The first-order chi connectivity index (χ1) is 17.5. The minimum Gasteiger partial charge on any atom is -0.358 e. The van der Waals surface area contributed by atoms with Gasteiger partial charge >= 0.3 is 0 Å². The zero-order chi connectivity index (χ0) is 25.2. The molecule has 0 amide bonds. The lowest BCUT2D eigenvalue weighted by Crippen LogP contribution is -2.23. The lowest BCUT2D eigenvalue weighted by molar-refractivity contribution is -0.135. The number of hydrogen-bond acceptors (Lipinski definition) is 8. The molecule has 5 rings (SSSR count). The standard InChI is InChI=1S/C28H25N3O4S/c1-16-10-11-30-25-19(12-20(13-29)24(16)25)8-9-22-26(32)27(33)23(34-22)15-36-14-21-17(2)31-35-28(21)18-6-4-3-5-7-18/h3-7,10-12,19,22-23H,8-9,14-15H2,1-2H3/t19?,22-,23+/m0/s1. The Hall–Kier alpha value is -3.54. The number of ketones is 2. The van der Waals surface area contributed by atoms with Crippen LogP contribution in [0.15, 0.2) is 53.2 Å². The number of ether oxygens (including phenoxy) is 1. The van der Waals surface area contributed by atoms with Gasteiger partial charge in [0.25, 0.3) is 0 Å². The summed E-state index contributed by atoms with van der Waals surface area (Å²) in [5.74, 6) is 0.697. The van der Waals surface area contributed by atoms with E-state index in [1.165, 1.54) is 11.8 Å². The first-order valence-electron chi connectivity index (χ1n) is 11.9. The average molecular weight is 500 g/mol. The van der Waals surface area contributed by atoms with Gasteiger partial charge in [-0.3, -0.25) is 14.6 Å². The second kappa shape index (κ2) is 10.2. The predicted molar refractivity (Wildman–Crippen MR) is 136 cm³/mol. The van der Waals surface area contributed by atoms with Crippen LogP contribution in [0.2, 0.25) is 0 Å². The third-order valence-corrected chi connectivity index (χ3v) is 7.76. The maximum Gasteiger partial charge on any atom is 0.230 e. The van der Waals surface area contributed by atoms with Gasteiger partial charge in [0.15, 0.2) is 5.76 Å². The van der Waals surface area contributed by atoms with Crippen LogP contribution >= 0.6 is 11.8 Å². The fraction of sp³-hybridized carbons (Fsp3) is 0.321. The predicted octanol–water partition coefficient (Wildman–Crippen LogP) is 4.98. The van der Waals surface area contributed by atoms with Crippen LogP contribution in [0.25, 0.3) is 16.9 Å². The minimum absolute atomic E-state index is 0.0672. The lowest BCUT2D eigenvalue weighted by Gasteiger charge is -2.14. The van der Waals surface area contributed by atoms with Crippen molar-refractivity contribution in [2.24, 2.45) is 0 Å². The van der Waals surface area contributed by atoms with Crippen LogP contribution in [0.3, 0.4) is 0 Å². The molecule has 2 aliphatic rings. The van der Waals surface area contributed by atoms with E-state index >= 15 is 0 Å². The van der Waals surface area contributed by atoms with E-state index in [-0.39, 0.29) is 5.92 Å². The number of hydrogen-bond donors (Lipinski definition) is 0. The average Bonchev–Trinajstić information content (AvgIpc) is 3.53. The van der Waals surface area contributed by atoms with Gasteiger partial charge in [-0.25, -0.2) is 0 Å². The molecule has 1 saturated heterocycles. The highest BCUT2D eigenvalue weighted by Crippen LogP contribution is 2.39. The van der Waals surface area contributed by atoms with E-state index in [1.54, 1.807) is 6.20 Å². The van der Waals surface area contributed by atoms with E-state index < -0.39 is 23.8 Å². The highest BCUT2D eigenvalue weighted by Gasteiger charge is 2.42. The van der Waals surface area contributed by atoms with Crippen LogP contribution in [0.4, 0.5) is 0 Å². The lowest BCUT2D eigenvalue weighted by atomic mass is 9.96.